The average molecular weight is 303 g/mol. The zero-order valence-corrected chi connectivity index (χ0v) is 13.9. The first-order valence-electron chi connectivity index (χ1n) is 8.16. The summed E-state index contributed by atoms with van der Waals surface area (Å²) in [5.74, 6) is 1.03. The Labute approximate surface area is 132 Å². The van der Waals surface area contributed by atoms with Crippen molar-refractivity contribution in [2.75, 3.05) is 18.0 Å². The Hall–Kier alpha value is -1.16. The van der Waals surface area contributed by atoms with Gasteiger partial charge in [0.2, 0.25) is 0 Å². The molecular formula is C17H25N3S. The van der Waals surface area contributed by atoms with Crippen LogP contribution in [0.1, 0.15) is 56.4 Å². The van der Waals surface area contributed by atoms with Gasteiger partial charge in [-0.05, 0) is 55.6 Å². The lowest BCUT2D eigenvalue weighted by Crippen LogP contribution is -2.29. The van der Waals surface area contributed by atoms with Crippen LogP contribution in [0.2, 0.25) is 0 Å². The molecule has 0 amide bonds. The summed E-state index contributed by atoms with van der Waals surface area (Å²) in [6.07, 6.45) is 7.12. The van der Waals surface area contributed by atoms with Crippen molar-refractivity contribution >= 4 is 23.0 Å². The molecule has 0 atom stereocenters. The first kappa shape index (κ1) is 14.8. The molecule has 3 nitrogen and oxygen atoms in total. The number of hydrogen-bond donors (Lipinski definition) is 1. The number of aryl methyl sites for hydroxylation is 2. The third-order valence-electron chi connectivity index (χ3n) is 5.53. The molecule has 1 saturated heterocycles. The zero-order valence-electron chi connectivity index (χ0n) is 13.1. The average Bonchev–Trinajstić information content (AvgIpc) is 3.12. The van der Waals surface area contributed by atoms with E-state index >= 15 is 0 Å². The van der Waals surface area contributed by atoms with Gasteiger partial charge in [0.1, 0.15) is 10.8 Å². The van der Waals surface area contributed by atoms with E-state index in [2.05, 4.69) is 24.8 Å². The Kier molecular flexibility index (Phi) is 3.91. The van der Waals surface area contributed by atoms with E-state index in [4.69, 9.17) is 22.9 Å². The fourth-order valence-electron chi connectivity index (χ4n) is 3.83. The molecule has 2 aliphatic rings. The standard InChI is InChI=1S/C17H25N3S/c1-3-17(4-2)8-9-20(11-17)16-13(15(18)21)10-12-6-5-7-14(12)19-16/h10H,3-9,11H2,1-2H3,(H2,18,21). The normalized spacial score (nSPS) is 19.8. The third-order valence-corrected chi connectivity index (χ3v) is 5.75. The smallest absolute Gasteiger partial charge is 0.139 e. The minimum atomic E-state index is 0.439. The predicted molar refractivity (Wildman–Crippen MR) is 92.0 cm³/mol. The van der Waals surface area contributed by atoms with Crippen LogP contribution >= 0.6 is 12.2 Å². The molecule has 1 fully saturated rings. The maximum Gasteiger partial charge on any atom is 0.139 e. The Bertz CT molecular complexity index is 563. The summed E-state index contributed by atoms with van der Waals surface area (Å²) in [4.78, 5) is 7.85. The second kappa shape index (κ2) is 5.56. The molecule has 1 aliphatic heterocycles. The van der Waals surface area contributed by atoms with Crippen molar-refractivity contribution in [3.05, 3.63) is 22.9 Å². The van der Waals surface area contributed by atoms with Gasteiger partial charge in [-0.3, -0.25) is 0 Å². The molecule has 4 heteroatoms. The van der Waals surface area contributed by atoms with Crippen LogP contribution in [-0.2, 0) is 12.8 Å². The quantitative estimate of drug-likeness (QED) is 0.867. The molecule has 114 valence electrons. The number of nitrogens with zero attached hydrogens (tertiary/aromatic N) is 2. The summed E-state index contributed by atoms with van der Waals surface area (Å²) in [5, 5.41) is 0. The maximum absolute atomic E-state index is 5.97. The maximum atomic E-state index is 5.97. The number of anilines is 1. The van der Waals surface area contributed by atoms with E-state index in [1.165, 1.54) is 36.9 Å². The van der Waals surface area contributed by atoms with Crippen molar-refractivity contribution in [3.63, 3.8) is 0 Å². The van der Waals surface area contributed by atoms with Crippen LogP contribution in [-0.4, -0.2) is 23.1 Å². The van der Waals surface area contributed by atoms with Crippen molar-refractivity contribution in [3.8, 4) is 0 Å². The Morgan fingerprint density at radius 1 is 1.38 bits per heavy atom. The number of nitrogens with two attached hydrogens (primary N) is 1. The van der Waals surface area contributed by atoms with E-state index in [1.54, 1.807) is 0 Å². The summed E-state index contributed by atoms with van der Waals surface area (Å²) in [5.41, 5.74) is 10.00. The minimum absolute atomic E-state index is 0.439. The molecule has 0 saturated carbocycles. The van der Waals surface area contributed by atoms with Crippen LogP contribution in [0.15, 0.2) is 6.07 Å². The molecule has 3 rings (SSSR count). The van der Waals surface area contributed by atoms with Crippen LogP contribution in [0.4, 0.5) is 5.82 Å². The van der Waals surface area contributed by atoms with E-state index in [0.29, 0.717) is 10.4 Å². The van der Waals surface area contributed by atoms with E-state index in [-0.39, 0.29) is 0 Å². The van der Waals surface area contributed by atoms with Gasteiger partial charge < -0.3 is 10.6 Å². The van der Waals surface area contributed by atoms with Gasteiger partial charge >= 0.3 is 0 Å². The highest BCUT2D eigenvalue weighted by molar-refractivity contribution is 7.80. The highest BCUT2D eigenvalue weighted by atomic mass is 32.1. The predicted octanol–water partition coefficient (Wildman–Crippen LogP) is 3.22. The number of aromatic nitrogens is 1. The van der Waals surface area contributed by atoms with Crippen LogP contribution in [0.25, 0.3) is 0 Å². The van der Waals surface area contributed by atoms with Crippen LogP contribution in [0.3, 0.4) is 0 Å². The SMILES string of the molecule is CCC1(CC)CCN(c2nc3c(cc2C(N)=S)CCC3)C1. The molecule has 0 aromatic carbocycles. The minimum Gasteiger partial charge on any atom is -0.389 e. The lowest BCUT2D eigenvalue weighted by atomic mass is 9.82. The van der Waals surface area contributed by atoms with Gasteiger partial charge in [0.25, 0.3) is 0 Å². The largest absolute Gasteiger partial charge is 0.389 e. The zero-order chi connectivity index (χ0) is 15.0. The molecule has 2 N–H and O–H groups in total. The summed E-state index contributed by atoms with van der Waals surface area (Å²) in [6, 6.07) is 2.20. The highest BCUT2D eigenvalue weighted by Crippen LogP contribution is 2.40. The topological polar surface area (TPSA) is 42.2 Å². The third kappa shape index (κ3) is 2.54. The van der Waals surface area contributed by atoms with Gasteiger partial charge in [0.15, 0.2) is 0 Å². The van der Waals surface area contributed by atoms with Crippen molar-refractivity contribution in [2.45, 2.75) is 52.4 Å². The molecule has 0 bridgehead atoms. The van der Waals surface area contributed by atoms with Crippen molar-refractivity contribution in [2.24, 2.45) is 11.1 Å². The molecular weight excluding hydrogens is 278 g/mol. The molecule has 21 heavy (non-hydrogen) atoms. The van der Waals surface area contributed by atoms with E-state index in [0.717, 1.165) is 37.3 Å². The summed E-state index contributed by atoms with van der Waals surface area (Å²) in [6.45, 7) is 6.76. The first-order valence-corrected chi connectivity index (χ1v) is 8.57. The molecule has 1 aromatic heterocycles. The van der Waals surface area contributed by atoms with Gasteiger partial charge in [0, 0.05) is 18.8 Å². The van der Waals surface area contributed by atoms with Gasteiger partial charge in [-0.15, -0.1) is 0 Å². The summed E-state index contributed by atoms with van der Waals surface area (Å²) >= 11 is 5.28. The van der Waals surface area contributed by atoms with E-state index in [1.807, 2.05) is 0 Å². The Morgan fingerprint density at radius 3 is 2.76 bits per heavy atom. The molecule has 0 radical (unpaired) electrons. The second-order valence-electron chi connectivity index (χ2n) is 6.56. The number of hydrogen-bond acceptors (Lipinski definition) is 3. The second-order valence-corrected chi connectivity index (χ2v) is 7.00. The molecule has 1 aromatic rings. The van der Waals surface area contributed by atoms with Crippen LogP contribution < -0.4 is 10.6 Å². The first-order chi connectivity index (χ1) is 10.1. The Morgan fingerprint density at radius 2 is 2.14 bits per heavy atom. The fraction of sp³-hybridized carbons (Fsp3) is 0.647. The molecule has 2 heterocycles. The van der Waals surface area contributed by atoms with Gasteiger partial charge in [-0.25, -0.2) is 4.98 Å². The molecule has 1 aliphatic carbocycles. The van der Waals surface area contributed by atoms with Crippen molar-refractivity contribution in [1.29, 1.82) is 0 Å². The Balaban J connectivity index is 1.97. The van der Waals surface area contributed by atoms with E-state index in [9.17, 15) is 0 Å². The monoisotopic (exact) mass is 303 g/mol. The number of rotatable bonds is 4. The lowest BCUT2D eigenvalue weighted by Gasteiger charge is -2.27. The number of pyridine rings is 1. The van der Waals surface area contributed by atoms with Crippen LogP contribution in [0.5, 0.6) is 0 Å². The highest BCUT2D eigenvalue weighted by Gasteiger charge is 2.36. The molecule has 0 unspecified atom stereocenters. The lowest BCUT2D eigenvalue weighted by molar-refractivity contribution is 0.301. The van der Waals surface area contributed by atoms with Gasteiger partial charge in [-0.1, -0.05) is 26.1 Å². The van der Waals surface area contributed by atoms with E-state index < -0.39 is 0 Å². The summed E-state index contributed by atoms with van der Waals surface area (Å²) in [7, 11) is 0. The van der Waals surface area contributed by atoms with Gasteiger partial charge in [0.05, 0.1) is 5.56 Å². The number of thiocarbonyl (C=S) groups is 1. The molecule has 0 spiro atoms. The van der Waals surface area contributed by atoms with Crippen LogP contribution in [0, 0.1) is 5.41 Å². The van der Waals surface area contributed by atoms with Crippen molar-refractivity contribution in [1.82, 2.24) is 4.98 Å². The summed E-state index contributed by atoms with van der Waals surface area (Å²) < 4.78 is 0. The van der Waals surface area contributed by atoms with Crippen molar-refractivity contribution < 1.29 is 0 Å². The number of fused-ring (bicyclic) bond motifs is 1. The van der Waals surface area contributed by atoms with Gasteiger partial charge in [-0.2, -0.15) is 0 Å². The fourth-order valence-corrected chi connectivity index (χ4v) is 3.98.